The van der Waals surface area contributed by atoms with Crippen molar-refractivity contribution >= 4 is 11.9 Å². The Hall–Kier alpha value is -1.06. The molecule has 4 nitrogen and oxygen atoms in total. The summed E-state index contributed by atoms with van der Waals surface area (Å²) in [4.78, 5) is 24.8. The molecular weight excluding hydrogens is 218 g/mol. The molecule has 0 saturated carbocycles. The van der Waals surface area contributed by atoms with E-state index in [0.29, 0.717) is 19.0 Å². The maximum absolute atomic E-state index is 12.1. The van der Waals surface area contributed by atoms with Crippen LogP contribution in [0.25, 0.3) is 0 Å². The third-order valence-corrected chi connectivity index (χ3v) is 3.45. The predicted octanol–water partition coefficient (Wildman–Crippen LogP) is 2.24. The summed E-state index contributed by atoms with van der Waals surface area (Å²) in [7, 11) is 0. The van der Waals surface area contributed by atoms with Gasteiger partial charge in [0.15, 0.2) is 0 Å². The van der Waals surface area contributed by atoms with E-state index in [2.05, 4.69) is 13.8 Å². The van der Waals surface area contributed by atoms with Crippen molar-refractivity contribution in [3.63, 3.8) is 0 Å². The average molecular weight is 243 g/mol. The second kappa shape index (κ2) is 7.30. The molecule has 4 heteroatoms. The number of carboxylic acids is 1. The summed E-state index contributed by atoms with van der Waals surface area (Å²) < 4.78 is 0. The van der Waals surface area contributed by atoms with Gasteiger partial charge < -0.3 is 10.0 Å². The molecule has 0 spiro atoms. The molecule has 17 heavy (non-hydrogen) atoms. The summed E-state index contributed by atoms with van der Waals surface area (Å²) in [5, 5.41) is 8.91. The fourth-order valence-corrected chi connectivity index (χ4v) is 1.60. The molecule has 3 atom stereocenters. The highest BCUT2D eigenvalue weighted by Gasteiger charge is 2.29. The van der Waals surface area contributed by atoms with E-state index in [1.54, 1.807) is 18.7 Å². The molecule has 0 radical (unpaired) electrons. The summed E-state index contributed by atoms with van der Waals surface area (Å²) in [6.07, 6.45) is 1.02. The molecule has 1 amide bonds. The van der Waals surface area contributed by atoms with Gasteiger partial charge in [-0.1, -0.05) is 34.1 Å². The second-order valence-electron chi connectivity index (χ2n) is 4.81. The van der Waals surface area contributed by atoms with E-state index < -0.39 is 17.8 Å². The van der Waals surface area contributed by atoms with Gasteiger partial charge in [0, 0.05) is 19.0 Å². The maximum Gasteiger partial charge on any atom is 0.307 e. The number of nitrogens with zero attached hydrogens (tertiary/aromatic N) is 1. The molecule has 0 fully saturated rings. The van der Waals surface area contributed by atoms with Gasteiger partial charge >= 0.3 is 5.97 Å². The molecular formula is C13H25NO3. The number of aliphatic carboxylic acids is 1. The first-order valence-electron chi connectivity index (χ1n) is 6.36. The minimum atomic E-state index is -0.912. The van der Waals surface area contributed by atoms with Crippen LogP contribution in [0.1, 0.15) is 41.0 Å². The molecule has 0 bridgehead atoms. The number of carbonyl (C=O) groups is 2. The fraction of sp³-hybridized carbons (Fsp3) is 0.846. The molecule has 0 rings (SSSR count). The van der Waals surface area contributed by atoms with Crippen molar-refractivity contribution in [3.05, 3.63) is 0 Å². The molecule has 0 aliphatic heterocycles. The van der Waals surface area contributed by atoms with E-state index in [0.717, 1.165) is 6.42 Å². The Morgan fingerprint density at radius 1 is 1.12 bits per heavy atom. The van der Waals surface area contributed by atoms with Crippen molar-refractivity contribution in [2.24, 2.45) is 17.8 Å². The van der Waals surface area contributed by atoms with Crippen LogP contribution in [-0.2, 0) is 9.59 Å². The Kier molecular flexibility index (Phi) is 6.85. The van der Waals surface area contributed by atoms with Gasteiger partial charge in [-0.3, -0.25) is 9.59 Å². The van der Waals surface area contributed by atoms with E-state index in [9.17, 15) is 9.59 Å². The summed E-state index contributed by atoms with van der Waals surface area (Å²) in [6.45, 7) is 10.7. The smallest absolute Gasteiger partial charge is 0.307 e. The molecule has 3 unspecified atom stereocenters. The van der Waals surface area contributed by atoms with Crippen molar-refractivity contribution < 1.29 is 14.7 Å². The first kappa shape index (κ1) is 15.9. The number of hydrogen-bond acceptors (Lipinski definition) is 2. The highest BCUT2D eigenvalue weighted by atomic mass is 16.4. The molecule has 0 saturated heterocycles. The topological polar surface area (TPSA) is 57.6 Å². The Balaban J connectivity index is 4.58. The molecule has 0 aliphatic rings. The predicted molar refractivity (Wildman–Crippen MR) is 67.7 cm³/mol. The fourth-order valence-electron chi connectivity index (χ4n) is 1.60. The van der Waals surface area contributed by atoms with Crippen molar-refractivity contribution in [2.75, 3.05) is 13.1 Å². The Morgan fingerprint density at radius 3 is 2.00 bits per heavy atom. The van der Waals surface area contributed by atoms with Gasteiger partial charge in [-0.15, -0.1) is 0 Å². The lowest BCUT2D eigenvalue weighted by Crippen LogP contribution is -2.41. The van der Waals surface area contributed by atoms with Crippen LogP contribution in [0.4, 0.5) is 0 Å². The zero-order valence-corrected chi connectivity index (χ0v) is 11.6. The van der Waals surface area contributed by atoms with E-state index in [1.807, 2.05) is 6.92 Å². The molecule has 0 heterocycles. The summed E-state index contributed by atoms with van der Waals surface area (Å²) in [5.74, 6) is -1.61. The van der Waals surface area contributed by atoms with Crippen molar-refractivity contribution in [3.8, 4) is 0 Å². The average Bonchev–Trinajstić information content (AvgIpc) is 2.32. The third-order valence-electron chi connectivity index (χ3n) is 3.45. The van der Waals surface area contributed by atoms with Gasteiger partial charge in [0.2, 0.25) is 5.91 Å². The first-order chi connectivity index (χ1) is 7.84. The summed E-state index contributed by atoms with van der Waals surface area (Å²) >= 11 is 0. The Morgan fingerprint density at radius 2 is 1.65 bits per heavy atom. The highest BCUT2D eigenvalue weighted by Crippen LogP contribution is 2.16. The van der Waals surface area contributed by atoms with Crippen LogP contribution < -0.4 is 0 Å². The van der Waals surface area contributed by atoms with E-state index in [4.69, 9.17) is 5.11 Å². The van der Waals surface area contributed by atoms with Gasteiger partial charge in [-0.05, 0) is 12.8 Å². The van der Waals surface area contributed by atoms with Crippen LogP contribution >= 0.6 is 0 Å². The largest absolute Gasteiger partial charge is 0.481 e. The van der Waals surface area contributed by atoms with Gasteiger partial charge in [0.05, 0.1) is 5.92 Å². The van der Waals surface area contributed by atoms with Crippen LogP contribution in [-0.4, -0.2) is 35.0 Å². The zero-order chi connectivity index (χ0) is 13.6. The lowest BCUT2D eigenvalue weighted by Gasteiger charge is -2.28. The third kappa shape index (κ3) is 4.75. The van der Waals surface area contributed by atoms with Gasteiger partial charge in [0.1, 0.15) is 0 Å². The standard InChI is InChI=1S/C13H25NO3/c1-6-9(3)8-14(7-2)12(15)10(4)11(5)13(16)17/h9-11H,6-8H2,1-5H3,(H,16,17). The van der Waals surface area contributed by atoms with Crippen LogP contribution in [0.3, 0.4) is 0 Å². The molecule has 0 aromatic carbocycles. The zero-order valence-electron chi connectivity index (χ0n) is 11.6. The van der Waals surface area contributed by atoms with E-state index >= 15 is 0 Å². The lowest BCUT2D eigenvalue weighted by atomic mass is 9.94. The molecule has 0 aromatic rings. The molecule has 0 aromatic heterocycles. The Bertz CT molecular complexity index is 265. The summed E-state index contributed by atoms with van der Waals surface area (Å²) in [6, 6.07) is 0. The second-order valence-corrected chi connectivity index (χ2v) is 4.81. The quantitative estimate of drug-likeness (QED) is 0.746. The van der Waals surface area contributed by atoms with E-state index in [1.165, 1.54) is 0 Å². The normalized spacial score (nSPS) is 16.1. The van der Waals surface area contributed by atoms with Crippen molar-refractivity contribution in [1.29, 1.82) is 0 Å². The van der Waals surface area contributed by atoms with Gasteiger partial charge in [-0.2, -0.15) is 0 Å². The highest BCUT2D eigenvalue weighted by molar-refractivity contribution is 5.84. The number of amides is 1. The Labute approximate surface area is 104 Å². The van der Waals surface area contributed by atoms with Crippen LogP contribution in [0, 0.1) is 17.8 Å². The SMILES string of the molecule is CCC(C)CN(CC)C(=O)C(C)C(C)C(=O)O. The molecule has 0 aliphatic carbocycles. The van der Waals surface area contributed by atoms with Crippen LogP contribution in [0.2, 0.25) is 0 Å². The minimum Gasteiger partial charge on any atom is -0.481 e. The number of carbonyl (C=O) groups excluding carboxylic acids is 1. The number of carboxylic acid groups (broad SMARTS) is 1. The minimum absolute atomic E-state index is 0.0531. The van der Waals surface area contributed by atoms with Crippen molar-refractivity contribution in [2.45, 2.75) is 41.0 Å². The maximum atomic E-state index is 12.1. The van der Waals surface area contributed by atoms with Crippen LogP contribution in [0.5, 0.6) is 0 Å². The number of rotatable bonds is 7. The lowest BCUT2D eigenvalue weighted by molar-refractivity contribution is -0.149. The van der Waals surface area contributed by atoms with Gasteiger partial charge in [-0.25, -0.2) is 0 Å². The molecule has 100 valence electrons. The first-order valence-corrected chi connectivity index (χ1v) is 6.36. The van der Waals surface area contributed by atoms with Gasteiger partial charge in [0.25, 0.3) is 0 Å². The monoisotopic (exact) mass is 243 g/mol. The van der Waals surface area contributed by atoms with Crippen molar-refractivity contribution in [1.82, 2.24) is 4.90 Å². The van der Waals surface area contributed by atoms with E-state index in [-0.39, 0.29) is 5.91 Å². The number of hydrogen-bond donors (Lipinski definition) is 1. The summed E-state index contributed by atoms with van der Waals surface area (Å²) in [5.41, 5.74) is 0. The molecule has 1 N–H and O–H groups in total. The van der Waals surface area contributed by atoms with Crippen LogP contribution in [0.15, 0.2) is 0 Å².